The lowest BCUT2D eigenvalue weighted by atomic mass is 9.72. The van der Waals surface area contributed by atoms with Crippen LogP contribution in [0.4, 0.5) is 48.7 Å². The van der Waals surface area contributed by atoms with Crippen molar-refractivity contribution in [2.45, 2.75) is 76.8 Å². The summed E-state index contributed by atoms with van der Waals surface area (Å²) in [5, 5.41) is 9.53. The molecule has 0 radical (unpaired) electrons. The summed E-state index contributed by atoms with van der Waals surface area (Å²) in [6.07, 6.45) is -17.5. The maximum atomic E-state index is 15.8. The topological polar surface area (TPSA) is 70.1 Å². The monoisotopic (exact) mass is 772 g/mol. The van der Waals surface area contributed by atoms with Crippen LogP contribution in [0.15, 0.2) is 60.2 Å². The molecule has 0 saturated carbocycles. The van der Waals surface area contributed by atoms with Crippen LogP contribution in [0.25, 0.3) is 16.7 Å². The van der Waals surface area contributed by atoms with Crippen molar-refractivity contribution in [2.75, 3.05) is 19.6 Å². The van der Waals surface area contributed by atoms with Gasteiger partial charge in [-0.2, -0.15) is 39.5 Å². The van der Waals surface area contributed by atoms with E-state index in [2.05, 4.69) is 0 Å². The molecule has 6 rings (SSSR count). The van der Waals surface area contributed by atoms with Crippen molar-refractivity contribution in [1.29, 1.82) is 0 Å². The summed E-state index contributed by atoms with van der Waals surface area (Å²) in [5.74, 6) is -1.47. The van der Waals surface area contributed by atoms with Crippen LogP contribution in [0, 0.1) is 11.2 Å². The Labute approximate surface area is 303 Å². The number of amides is 2. The highest BCUT2D eigenvalue weighted by Crippen LogP contribution is 2.47. The highest BCUT2D eigenvalue weighted by molar-refractivity contribution is 5.96. The normalized spacial score (nSPS) is 21.0. The van der Waals surface area contributed by atoms with Crippen molar-refractivity contribution in [1.82, 2.24) is 9.80 Å². The Balaban J connectivity index is 1.37. The molecule has 0 aromatic heterocycles. The van der Waals surface area contributed by atoms with Crippen LogP contribution in [0.3, 0.4) is 0 Å². The van der Waals surface area contributed by atoms with Gasteiger partial charge in [-0.15, -0.1) is 0 Å². The van der Waals surface area contributed by atoms with E-state index >= 15 is 4.39 Å². The molecule has 16 heteroatoms. The van der Waals surface area contributed by atoms with E-state index in [0.29, 0.717) is 35.8 Å². The first kappa shape index (κ1) is 39.1. The van der Waals surface area contributed by atoms with E-state index in [1.807, 2.05) is 13.8 Å². The van der Waals surface area contributed by atoms with Crippen LogP contribution in [-0.2, 0) is 23.3 Å². The molecule has 2 fully saturated rings. The largest absolute Gasteiger partial charge is 0.439 e. The molecule has 2 heterocycles. The molecule has 290 valence electrons. The van der Waals surface area contributed by atoms with Crippen LogP contribution in [-0.4, -0.2) is 58.7 Å². The molecule has 3 aromatic carbocycles. The zero-order chi connectivity index (χ0) is 39.7. The number of benzene rings is 3. The first-order valence-electron chi connectivity index (χ1n) is 16.9. The number of allylic oxidation sites excluding steroid dienone is 1. The Hall–Kier alpha value is -4.60. The number of alkyl halides is 9. The first-order chi connectivity index (χ1) is 24.9. The molecule has 0 spiro atoms. The highest BCUT2D eigenvalue weighted by atomic mass is 19.4. The second kappa shape index (κ2) is 13.6. The Morgan fingerprint density at radius 2 is 1.50 bits per heavy atom. The summed E-state index contributed by atoms with van der Waals surface area (Å²) < 4.78 is 146. The van der Waals surface area contributed by atoms with Crippen molar-refractivity contribution in [3.63, 3.8) is 0 Å². The Morgan fingerprint density at radius 3 is 2.07 bits per heavy atom. The number of hydrogen-bond acceptors (Lipinski definition) is 4. The van der Waals surface area contributed by atoms with Gasteiger partial charge < -0.3 is 14.7 Å². The Morgan fingerprint density at radius 1 is 0.870 bits per heavy atom. The van der Waals surface area contributed by atoms with Gasteiger partial charge in [0.15, 0.2) is 0 Å². The summed E-state index contributed by atoms with van der Waals surface area (Å²) in [6, 6.07) is 6.35. The summed E-state index contributed by atoms with van der Waals surface area (Å²) in [4.78, 5) is 28.3. The number of likely N-dealkylation sites (tertiary alicyclic amines) is 1. The third kappa shape index (κ3) is 7.80. The van der Waals surface area contributed by atoms with Crippen LogP contribution in [0.2, 0.25) is 0 Å². The van der Waals surface area contributed by atoms with Gasteiger partial charge in [0, 0.05) is 30.8 Å². The zero-order valence-electron chi connectivity index (χ0n) is 29.0. The average Bonchev–Trinajstić information content (AvgIpc) is 3.34. The number of hydrogen-bond donors (Lipinski definition) is 1. The Kier molecular flexibility index (Phi) is 9.85. The lowest BCUT2D eigenvalue weighted by Crippen LogP contribution is -2.53. The summed E-state index contributed by atoms with van der Waals surface area (Å²) in [5.41, 5.74) is -5.03. The molecular formula is C38H34F10N2O4. The third-order valence-electron chi connectivity index (χ3n) is 10.2. The number of nitrogens with zero attached hydrogens (tertiary/aromatic N) is 2. The molecule has 2 amide bonds. The van der Waals surface area contributed by atoms with Gasteiger partial charge in [-0.3, -0.25) is 9.69 Å². The zero-order valence-corrected chi connectivity index (χ0v) is 29.0. The minimum atomic E-state index is -5.13. The maximum absolute atomic E-state index is 15.8. The summed E-state index contributed by atoms with van der Waals surface area (Å²) in [6.45, 7) is 4.91. The number of halogens is 10. The van der Waals surface area contributed by atoms with Crippen LogP contribution >= 0.6 is 0 Å². The van der Waals surface area contributed by atoms with Gasteiger partial charge in [-0.1, -0.05) is 26.0 Å². The number of carbonyl (C=O) groups excluding carboxylic acids is 2. The number of β-amino-alcohol motifs (C(OH)–C–C–N with tert-alkyl or cyclic N) is 1. The van der Waals surface area contributed by atoms with E-state index in [9.17, 15) is 54.2 Å². The average molecular weight is 773 g/mol. The molecular weight excluding hydrogens is 738 g/mol. The van der Waals surface area contributed by atoms with Crippen LogP contribution in [0.5, 0.6) is 0 Å². The highest BCUT2D eigenvalue weighted by Gasteiger charge is 2.44. The molecule has 3 aromatic rings. The van der Waals surface area contributed by atoms with Gasteiger partial charge >= 0.3 is 24.6 Å². The second-order valence-corrected chi connectivity index (χ2v) is 14.8. The van der Waals surface area contributed by atoms with Crippen LogP contribution < -0.4 is 0 Å². The fraction of sp³-hybridized carbons (Fsp3) is 0.421. The summed E-state index contributed by atoms with van der Waals surface area (Å²) in [7, 11) is 0. The van der Waals surface area contributed by atoms with E-state index in [1.165, 1.54) is 30.0 Å². The van der Waals surface area contributed by atoms with E-state index in [0.717, 1.165) is 17.0 Å². The number of rotatable bonds is 6. The number of cyclic esters (lactones) is 1. The summed E-state index contributed by atoms with van der Waals surface area (Å²) >= 11 is 0. The molecule has 6 nitrogen and oxygen atoms in total. The smallest absolute Gasteiger partial charge is 0.417 e. The van der Waals surface area contributed by atoms with Crippen LogP contribution in [0.1, 0.15) is 84.3 Å². The second-order valence-electron chi connectivity index (χ2n) is 14.8. The van der Waals surface area contributed by atoms with Crippen molar-refractivity contribution in [3.8, 4) is 11.1 Å². The number of aliphatic hydroxyl groups excluding tert-OH is 1. The maximum Gasteiger partial charge on any atom is 0.417 e. The minimum Gasteiger partial charge on any atom is -0.439 e. The van der Waals surface area contributed by atoms with Gasteiger partial charge in [0.2, 0.25) is 0 Å². The predicted molar refractivity (Wildman–Crippen MR) is 175 cm³/mol. The van der Waals surface area contributed by atoms with Gasteiger partial charge in [-0.25, -0.2) is 9.18 Å². The quantitative estimate of drug-likeness (QED) is 0.254. The molecule has 1 aliphatic carbocycles. The predicted octanol–water partition coefficient (Wildman–Crippen LogP) is 9.91. The molecule has 0 bridgehead atoms. The molecule has 54 heavy (non-hydrogen) atoms. The molecule has 0 unspecified atom stereocenters. The SMILES string of the molecule is C[C@H]1[C@@H](c2cc(C(F)(F)F)cc(C(F)(F)F)c2)OC(=O)N1CC1=C(c2cc(-c3ccc(C(=O)N4CC(O)C4)cc3C(F)(F)F)ccc2F)CC(C)(C)CC1. The lowest BCUT2D eigenvalue weighted by molar-refractivity contribution is -0.143. The van der Waals surface area contributed by atoms with Crippen molar-refractivity contribution >= 4 is 17.6 Å². The van der Waals surface area contributed by atoms with Gasteiger partial charge in [0.1, 0.15) is 11.9 Å². The standard InChI is InChI=1S/C38H34F10N2O4/c1-19-32(23-10-24(36(40,41)42)14-25(11-23)37(43,44)45)54-34(53)50(19)16-22-8-9-35(2,3)15-29(22)28-12-20(5-7-31(28)39)27-6-4-21(13-30(27)38(46,47)48)33(52)49-17-26(51)18-49/h4-7,10-14,19,26,32,51H,8-9,15-18H2,1-3H3/t19-,32-/m0/s1. The molecule has 1 N–H and O–H groups in total. The first-order valence-corrected chi connectivity index (χ1v) is 16.9. The number of ether oxygens (including phenoxy) is 1. The third-order valence-corrected chi connectivity index (χ3v) is 10.2. The van der Waals surface area contributed by atoms with Gasteiger partial charge in [0.05, 0.1) is 28.8 Å². The number of aliphatic hydroxyl groups is 1. The number of carbonyl (C=O) groups is 2. The Bertz CT molecular complexity index is 1980. The van der Waals surface area contributed by atoms with E-state index in [1.54, 1.807) is 0 Å². The minimum absolute atomic E-state index is 0.0180. The van der Waals surface area contributed by atoms with Crippen molar-refractivity contribution < 1.29 is 63.3 Å². The fourth-order valence-corrected chi connectivity index (χ4v) is 7.19. The van der Waals surface area contributed by atoms with Crippen molar-refractivity contribution in [2.24, 2.45) is 5.41 Å². The van der Waals surface area contributed by atoms with Crippen molar-refractivity contribution in [3.05, 3.63) is 99.4 Å². The molecule has 3 aliphatic rings. The van der Waals surface area contributed by atoms with Gasteiger partial charge in [-0.05, 0) is 102 Å². The van der Waals surface area contributed by atoms with E-state index in [-0.39, 0.29) is 60.8 Å². The van der Waals surface area contributed by atoms with Gasteiger partial charge in [0.25, 0.3) is 5.91 Å². The molecule has 2 saturated heterocycles. The van der Waals surface area contributed by atoms with E-state index < -0.39 is 82.3 Å². The molecule has 2 aliphatic heterocycles. The van der Waals surface area contributed by atoms with E-state index in [4.69, 9.17) is 4.74 Å². The molecule has 2 atom stereocenters. The fourth-order valence-electron chi connectivity index (χ4n) is 7.19. The lowest BCUT2D eigenvalue weighted by Gasteiger charge is -2.36.